The first kappa shape index (κ1) is 14.4. The molecule has 1 heterocycles. The normalized spacial score (nSPS) is 24.6. The van der Waals surface area contributed by atoms with Crippen molar-refractivity contribution in [2.45, 2.75) is 26.2 Å². The Labute approximate surface area is 103 Å². The highest BCUT2D eigenvalue weighted by atomic mass is 16.3. The van der Waals surface area contributed by atoms with Crippen molar-refractivity contribution in [1.29, 1.82) is 0 Å². The first-order valence-corrected chi connectivity index (χ1v) is 6.42. The van der Waals surface area contributed by atoms with Crippen molar-refractivity contribution < 1.29 is 15.0 Å². The van der Waals surface area contributed by atoms with E-state index < -0.39 is 0 Å². The molecule has 0 aromatic rings. The number of hydrogen-bond acceptors (Lipinski definition) is 4. The molecule has 0 aliphatic carbocycles. The third-order valence-corrected chi connectivity index (χ3v) is 3.63. The summed E-state index contributed by atoms with van der Waals surface area (Å²) in [5.41, 5.74) is -0.345. The van der Waals surface area contributed by atoms with Gasteiger partial charge in [0.25, 0.3) is 0 Å². The quantitative estimate of drug-likeness (QED) is 0.593. The van der Waals surface area contributed by atoms with Crippen LogP contribution in [0.15, 0.2) is 0 Å². The van der Waals surface area contributed by atoms with E-state index in [-0.39, 0.29) is 24.5 Å². The number of aliphatic hydroxyl groups excluding tert-OH is 2. The molecule has 1 rings (SSSR count). The number of piperidine rings is 1. The zero-order valence-corrected chi connectivity index (χ0v) is 10.6. The molecule has 5 heteroatoms. The van der Waals surface area contributed by atoms with Gasteiger partial charge < -0.3 is 20.4 Å². The SMILES string of the molecule is CCC1(C(=O)N(CCO)CCO)CCCNC1. The molecule has 0 aromatic carbocycles. The standard InChI is InChI=1S/C12H24N2O3/c1-2-12(4-3-5-13-10-12)11(17)14(6-8-15)7-9-16/h13,15-16H,2-10H2,1H3. The molecule has 0 saturated carbocycles. The molecule has 1 aliphatic rings. The topological polar surface area (TPSA) is 72.8 Å². The zero-order valence-electron chi connectivity index (χ0n) is 10.6. The fourth-order valence-corrected chi connectivity index (χ4v) is 2.50. The van der Waals surface area contributed by atoms with Crippen LogP contribution in [0.4, 0.5) is 0 Å². The number of carbonyl (C=O) groups is 1. The van der Waals surface area contributed by atoms with Crippen LogP contribution >= 0.6 is 0 Å². The first-order valence-electron chi connectivity index (χ1n) is 6.42. The summed E-state index contributed by atoms with van der Waals surface area (Å²) >= 11 is 0. The van der Waals surface area contributed by atoms with Gasteiger partial charge in [-0.15, -0.1) is 0 Å². The number of nitrogens with zero attached hydrogens (tertiary/aromatic N) is 1. The van der Waals surface area contributed by atoms with Gasteiger partial charge in [-0.25, -0.2) is 0 Å². The van der Waals surface area contributed by atoms with Gasteiger partial charge in [-0.2, -0.15) is 0 Å². The maximum Gasteiger partial charge on any atom is 0.230 e. The third-order valence-electron chi connectivity index (χ3n) is 3.63. The Bertz CT molecular complexity index is 234. The maximum absolute atomic E-state index is 12.5. The fraction of sp³-hybridized carbons (Fsp3) is 0.917. The lowest BCUT2D eigenvalue weighted by atomic mass is 9.77. The number of rotatable bonds is 6. The van der Waals surface area contributed by atoms with Gasteiger partial charge in [0.15, 0.2) is 0 Å². The smallest absolute Gasteiger partial charge is 0.230 e. The van der Waals surface area contributed by atoms with Crippen LogP contribution in [0.2, 0.25) is 0 Å². The summed E-state index contributed by atoms with van der Waals surface area (Å²) in [6.45, 7) is 4.20. The number of nitrogens with one attached hydrogen (secondary N) is 1. The summed E-state index contributed by atoms with van der Waals surface area (Å²) in [6.07, 6.45) is 2.69. The van der Waals surface area contributed by atoms with E-state index in [1.165, 1.54) is 0 Å². The van der Waals surface area contributed by atoms with Crippen molar-refractivity contribution in [1.82, 2.24) is 10.2 Å². The van der Waals surface area contributed by atoms with Gasteiger partial charge in [-0.1, -0.05) is 6.92 Å². The molecule has 1 fully saturated rings. The summed E-state index contributed by atoms with van der Waals surface area (Å²) in [4.78, 5) is 14.1. The Morgan fingerprint density at radius 3 is 2.41 bits per heavy atom. The minimum Gasteiger partial charge on any atom is -0.395 e. The monoisotopic (exact) mass is 244 g/mol. The predicted octanol–water partition coefficient (Wildman–Crippen LogP) is -0.421. The van der Waals surface area contributed by atoms with Crippen molar-refractivity contribution in [3.8, 4) is 0 Å². The van der Waals surface area contributed by atoms with E-state index >= 15 is 0 Å². The van der Waals surface area contributed by atoms with E-state index in [4.69, 9.17) is 10.2 Å². The van der Waals surface area contributed by atoms with Crippen LogP contribution in [0, 0.1) is 5.41 Å². The van der Waals surface area contributed by atoms with Gasteiger partial charge in [0.1, 0.15) is 0 Å². The predicted molar refractivity (Wildman–Crippen MR) is 65.6 cm³/mol. The van der Waals surface area contributed by atoms with E-state index in [2.05, 4.69) is 5.32 Å². The second kappa shape index (κ2) is 6.93. The zero-order chi connectivity index (χ0) is 12.7. The molecule has 1 unspecified atom stereocenters. The maximum atomic E-state index is 12.5. The average molecular weight is 244 g/mol. The van der Waals surface area contributed by atoms with Crippen molar-refractivity contribution in [2.75, 3.05) is 39.4 Å². The largest absolute Gasteiger partial charge is 0.395 e. The molecule has 1 atom stereocenters. The lowest BCUT2D eigenvalue weighted by Gasteiger charge is -2.39. The van der Waals surface area contributed by atoms with Crippen molar-refractivity contribution in [3.05, 3.63) is 0 Å². The second-order valence-electron chi connectivity index (χ2n) is 4.65. The van der Waals surface area contributed by atoms with Crippen LogP contribution in [-0.2, 0) is 4.79 Å². The lowest BCUT2D eigenvalue weighted by molar-refractivity contribution is -0.144. The van der Waals surface area contributed by atoms with Crippen molar-refractivity contribution in [2.24, 2.45) is 5.41 Å². The molecule has 0 radical (unpaired) electrons. The molecule has 0 aromatic heterocycles. The van der Waals surface area contributed by atoms with E-state index in [1.807, 2.05) is 6.92 Å². The van der Waals surface area contributed by atoms with Crippen LogP contribution in [0.5, 0.6) is 0 Å². The van der Waals surface area contributed by atoms with Crippen molar-refractivity contribution in [3.63, 3.8) is 0 Å². The Morgan fingerprint density at radius 2 is 2.00 bits per heavy atom. The average Bonchev–Trinajstić information content (AvgIpc) is 2.38. The summed E-state index contributed by atoms with van der Waals surface area (Å²) in [5, 5.41) is 21.2. The summed E-state index contributed by atoms with van der Waals surface area (Å²) in [6, 6.07) is 0. The molecule has 100 valence electrons. The molecule has 0 bridgehead atoms. The van der Waals surface area contributed by atoms with Gasteiger partial charge in [0, 0.05) is 19.6 Å². The van der Waals surface area contributed by atoms with Crippen LogP contribution in [0.3, 0.4) is 0 Å². The summed E-state index contributed by atoms with van der Waals surface area (Å²) in [5.74, 6) is 0.0651. The third kappa shape index (κ3) is 3.40. The summed E-state index contributed by atoms with van der Waals surface area (Å²) in [7, 11) is 0. The van der Waals surface area contributed by atoms with Crippen LogP contribution in [0.1, 0.15) is 26.2 Å². The molecule has 1 aliphatic heterocycles. The van der Waals surface area contributed by atoms with E-state index in [1.54, 1.807) is 4.90 Å². The highest BCUT2D eigenvalue weighted by molar-refractivity contribution is 5.83. The number of amides is 1. The number of aliphatic hydroxyl groups is 2. The Hall–Kier alpha value is -0.650. The minimum absolute atomic E-state index is 0.0566. The molecule has 3 N–H and O–H groups in total. The molecule has 1 saturated heterocycles. The minimum atomic E-state index is -0.345. The summed E-state index contributed by atoms with van der Waals surface area (Å²) < 4.78 is 0. The van der Waals surface area contributed by atoms with Crippen molar-refractivity contribution >= 4 is 5.91 Å². The van der Waals surface area contributed by atoms with Gasteiger partial charge in [0.05, 0.1) is 18.6 Å². The van der Waals surface area contributed by atoms with E-state index in [0.29, 0.717) is 19.6 Å². The lowest BCUT2D eigenvalue weighted by Crippen LogP contribution is -2.52. The van der Waals surface area contributed by atoms with E-state index in [9.17, 15) is 4.79 Å². The molecule has 5 nitrogen and oxygen atoms in total. The van der Waals surface area contributed by atoms with Gasteiger partial charge in [0.2, 0.25) is 5.91 Å². The first-order chi connectivity index (χ1) is 8.20. The van der Waals surface area contributed by atoms with Gasteiger partial charge >= 0.3 is 0 Å². The van der Waals surface area contributed by atoms with Gasteiger partial charge in [-0.3, -0.25) is 4.79 Å². The second-order valence-corrected chi connectivity index (χ2v) is 4.65. The Morgan fingerprint density at radius 1 is 1.35 bits per heavy atom. The van der Waals surface area contributed by atoms with Gasteiger partial charge in [-0.05, 0) is 25.8 Å². The van der Waals surface area contributed by atoms with E-state index in [0.717, 1.165) is 25.8 Å². The highest BCUT2D eigenvalue weighted by Gasteiger charge is 2.40. The molecular formula is C12H24N2O3. The highest BCUT2D eigenvalue weighted by Crippen LogP contribution is 2.32. The van der Waals surface area contributed by atoms with Crippen LogP contribution in [-0.4, -0.2) is 60.4 Å². The molecule has 17 heavy (non-hydrogen) atoms. The molecular weight excluding hydrogens is 220 g/mol. The number of hydrogen-bond donors (Lipinski definition) is 3. The Balaban J connectivity index is 2.74. The fourth-order valence-electron chi connectivity index (χ4n) is 2.50. The van der Waals surface area contributed by atoms with Crippen LogP contribution < -0.4 is 5.32 Å². The molecule has 0 spiro atoms. The van der Waals surface area contributed by atoms with Crippen LogP contribution in [0.25, 0.3) is 0 Å². The number of carbonyl (C=O) groups excluding carboxylic acids is 1. The Kier molecular flexibility index (Phi) is 5.88. The molecule has 1 amide bonds.